The highest BCUT2D eigenvalue weighted by Gasteiger charge is 2.32. The summed E-state index contributed by atoms with van der Waals surface area (Å²) in [5.74, 6) is -0.269. The number of esters is 1. The van der Waals surface area contributed by atoms with Crippen molar-refractivity contribution in [1.82, 2.24) is 9.78 Å². The van der Waals surface area contributed by atoms with Gasteiger partial charge in [-0.05, 0) is 39.3 Å². The number of aromatic nitrogens is 2. The number of hydrogen-bond acceptors (Lipinski definition) is 3. The zero-order chi connectivity index (χ0) is 13.3. The fourth-order valence-corrected chi connectivity index (χ4v) is 1.81. The summed E-state index contributed by atoms with van der Waals surface area (Å²) < 4.78 is 6.76. The van der Waals surface area contributed by atoms with Crippen molar-refractivity contribution in [3.63, 3.8) is 0 Å². The van der Waals surface area contributed by atoms with Gasteiger partial charge in [0.15, 0.2) is 5.54 Å². The molecule has 1 aromatic carbocycles. The Bertz CT molecular complexity index is 584. The standard InChI is InChI=1S/C14H18N2O2/c1-5-18-13(17)14(3,4)16-9-11-7-6-10(2)8-12(11)15-16/h6-9H,5H2,1-4H3. The number of aryl methyl sites for hydroxylation is 1. The predicted molar refractivity (Wildman–Crippen MR) is 70.4 cm³/mol. The molecule has 2 aromatic rings. The number of nitrogens with zero attached hydrogens (tertiary/aromatic N) is 2. The molecule has 2 rings (SSSR count). The van der Waals surface area contributed by atoms with E-state index in [2.05, 4.69) is 5.10 Å². The molecule has 0 aliphatic heterocycles. The molecule has 0 saturated carbocycles. The van der Waals surface area contributed by atoms with E-state index in [0.717, 1.165) is 16.5 Å². The summed E-state index contributed by atoms with van der Waals surface area (Å²) in [6.45, 7) is 7.82. The Kier molecular flexibility index (Phi) is 3.11. The van der Waals surface area contributed by atoms with E-state index in [1.165, 1.54) is 0 Å². The molecule has 0 radical (unpaired) electrons. The molecule has 1 aromatic heterocycles. The molecule has 0 fully saturated rings. The summed E-state index contributed by atoms with van der Waals surface area (Å²) in [6, 6.07) is 6.05. The number of benzene rings is 1. The molecule has 0 saturated heterocycles. The third-order valence-electron chi connectivity index (χ3n) is 3.01. The summed E-state index contributed by atoms with van der Waals surface area (Å²) in [5.41, 5.74) is 1.26. The molecule has 4 heteroatoms. The first kappa shape index (κ1) is 12.6. The maximum atomic E-state index is 11.9. The van der Waals surface area contributed by atoms with Gasteiger partial charge in [-0.3, -0.25) is 4.68 Å². The summed E-state index contributed by atoms with van der Waals surface area (Å²) in [6.07, 6.45) is 1.88. The highest BCUT2D eigenvalue weighted by Crippen LogP contribution is 2.21. The molecule has 0 N–H and O–H groups in total. The van der Waals surface area contributed by atoms with Crippen LogP contribution in [-0.4, -0.2) is 22.4 Å². The zero-order valence-corrected chi connectivity index (χ0v) is 11.2. The summed E-state index contributed by atoms with van der Waals surface area (Å²) >= 11 is 0. The lowest BCUT2D eigenvalue weighted by Gasteiger charge is -2.22. The van der Waals surface area contributed by atoms with Crippen molar-refractivity contribution in [2.75, 3.05) is 6.61 Å². The fourth-order valence-electron chi connectivity index (χ4n) is 1.81. The maximum absolute atomic E-state index is 11.9. The van der Waals surface area contributed by atoms with Crippen molar-refractivity contribution >= 4 is 16.9 Å². The van der Waals surface area contributed by atoms with Crippen LogP contribution in [0.4, 0.5) is 0 Å². The van der Waals surface area contributed by atoms with Crippen molar-refractivity contribution in [1.29, 1.82) is 0 Å². The minimum absolute atomic E-state index is 0.269. The Labute approximate surface area is 107 Å². The monoisotopic (exact) mass is 246 g/mol. The maximum Gasteiger partial charge on any atom is 0.333 e. The van der Waals surface area contributed by atoms with E-state index in [1.54, 1.807) is 11.6 Å². The van der Waals surface area contributed by atoms with E-state index >= 15 is 0 Å². The summed E-state index contributed by atoms with van der Waals surface area (Å²) in [5, 5.41) is 5.49. The van der Waals surface area contributed by atoms with Gasteiger partial charge >= 0.3 is 5.97 Å². The molecular formula is C14H18N2O2. The average Bonchev–Trinajstić information content (AvgIpc) is 2.72. The second-order valence-electron chi connectivity index (χ2n) is 4.92. The van der Waals surface area contributed by atoms with Crippen LogP contribution in [0.2, 0.25) is 0 Å². The van der Waals surface area contributed by atoms with Crippen LogP contribution < -0.4 is 0 Å². The van der Waals surface area contributed by atoms with E-state index in [4.69, 9.17) is 4.74 Å². The third kappa shape index (κ3) is 2.10. The summed E-state index contributed by atoms with van der Waals surface area (Å²) in [4.78, 5) is 11.9. The normalized spacial score (nSPS) is 11.8. The lowest BCUT2D eigenvalue weighted by atomic mass is 10.1. The van der Waals surface area contributed by atoms with E-state index < -0.39 is 5.54 Å². The first-order valence-electron chi connectivity index (χ1n) is 6.09. The minimum Gasteiger partial charge on any atom is -0.464 e. The number of rotatable bonds is 3. The van der Waals surface area contributed by atoms with Crippen LogP contribution in [0.5, 0.6) is 0 Å². The Morgan fingerprint density at radius 3 is 2.83 bits per heavy atom. The molecule has 0 amide bonds. The SMILES string of the molecule is CCOC(=O)C(C)(C)n1cc2ccc(C)cc2n1. The minimum atomic E-state index is -0.789. The highest BCUT2D eigenvalue weighted by molar-refractivity contribution is 5.81. The summed E-state index contributed by atoms with van der Waals surface area (Å²) in [7, 11) is 0. The molecule has 0 aliphatic carbocycles. The van der Waals surface area contributed by atoms with Crippen LogP contribution in [0.25, 0.3) is 10.9 Å². The van der Waals surface area contributed by atoms with Gasteiger partial charge in [0.1, 0.15) is 0 Å². The smallest absolute Gasteiger partial charge is 0.333 e. The van der Waals surface area contributed by atoms with Crippen molar-refractivity contribution in [2.24, 2.45) is 0 Å². The number of hydrogen-bond donors (Lipinski definition) is 0. The Morgan fingerprint density at radius 2 is 2.17 bits per heavy atom. The van der Waals surface area contributed by atoms with Crippen molar-refractivity contribution in [2.45, 2.75) is 33.2 Å². The number of carbonyl (C=O) groups excluding carboxylic acids is 1. The van der Waals surface area contributed by atoms with Crippen molar-refractivity contribution in [3.8, 4) is 0 Å². The Hall–Kier alpha value is -1.84. The van der Waals surface area contributed by atoms with Crippen LogP contribution in [0.1, 0.15) is 26.3 Å². The molecule has 1 heterocycles. The quantitative estimate of drug-likeness (QED) is 0.782. The van der Waals surface area contributed by atoms with Gasteiger partial charge < -0.3 is 4.74 Å². The van der Waals surface area contributed by atoms with Gasteiger partial charge in [-0.2, -0.15) is 5.10 Å². The molecular weight excluding hydrogens is 228 g/mol. The lowest BCUT2D eigenvalue weighted by Crippen LogP contribution is -2.37. The molecule has 0 atom stereocenters. The molecule has 18 heavy (non-hydrogen) atoms. The Morgan fingerprint density at radius 1 is 1.44 bits per heavy atom. The largest absolute Gasteiger partial charge is 0.464 e. The molecule has 96 valence electrons. The van der Waals surface area contributed by atoms with E-state index in [0.29, 0.717) is 6.61 Å². The topological polar surface area (TPSA) is 44.1 Å². The number of fused-ring (bicyclic) bond motifs is 1. The fraction of sp³-hybridized carbons (Fsp3) is 0.429. The van der Waals surface area contributed by atoms with Gasteiger partial charge in [0.2, 0.25) is 0 Å². The second-order valence-corrected chi connectivity index (χ2v) is 4.92. The van der Waals surface area contributed by atoms with Crippen LogP contribution in [0.15, 0.2) is 24.4 Å². The van der Waals surface area contributed by atoms with Crippen molar-refractivity contribution in [3.05, 3.63) is 30.0 Å². The highest BCUT2D eigenvalue weighted by atomic mass is 16.5. The van der Waals surface area contributed by atoms with E-state index in [1.807, 2.05) is 45.2 Å². The third-order valence-corrected chi connectivity index (χ3v) is 3.01. The number of carbonyl (C=O) groups is 1. The first-order chi connectivity index (χ1) is 8.45. The molecule has 0 aliphatic rings. The van der Waals surface area contributed by atoms with Gasteiger partial charge in [-0.15, -0.1) is 0 Å². The van der Waals surface area contributed by atoms with E-state index in [-0.39, 0.29) is 5.97 Å². The van der Waals surface area contributed by atoms with Crippen LogP contribution in [0.3, 0.4) is 0 Å². The van der Waals surface area contributed by atoms with E-state index in [9.17, 15) is 4.79 Å². The lowest BCUT2D eigenvalue weighted by molar-refractivity contribution is -0.152. The van der Waals surface area contributed by atoms with Gasteiger partial charge in [-0.1, -0.05) is 12.1 Å². The molecule has 0 bridgehead atoms. The van der Waals surface area contributed by atoms with Gasteiger partial charge in [-0.25, -0.2) is 4.79 Å². The number of ether oxygens (including phenoxy) is 1. The van der Waals surface area contributed by atoms with Gasteiger partial charge in [0.05, 0.1) is 12.1 Å². The van der Waals surface area contributed by atoms with Crippen LogP contribution in [0, 0.1) is 6.92 Å². The molecule has 0 unspecified atom stereocenters. The molecule has 4 nitrogen and oxygen atoms in total. The van der Waals surface area contributed by atoms with Crippen LogP contribution >= 0.6 is 0 Å². The van der Waals surface area contributed by atoms with Gasteiger partial charge in [0, 0.05) is 11.6 Å². The van der Waals surface area contributed by atoms with Crippen LogP contribution in [-0.2, 0) is 15.1 Å². The van der Waals surface area contributed by atoms with Gasteiger partial charge in [0.25, 0.3) is 0 Å². The predicted octanol–water partition coefficient (Wildman–Crippen LogP) is 2.64. The second kappa shape index (κ2) is 4.44. The first-order valence-corrected chi connectivity index (χ1v) is 6.09. The average molecular weight is 246 g/mol. The zero-order valence-electron chi connectivity index (χ0n) is 11.2. The Balaban J connectivity index is 2.44. The van der Waals surface area contributed by atoms with Crippen molar-refractivity contribution < 1.29 is 9.53 Å². The molecule has 0 spiro atoms.